The van der Waals surface area contributed by atoms with Gasteiger partial charge in [-0.15, -0.1) is 0 Å². The molecule has 1 atom stereocenters. The molecule has 0 aromatic heterocycles. The first-order valence-corrected chi connectivity index (χ1v) is 6.96. The lowest BCUT2D eigenvalue weighted by Crippen LogP contribution is -2.24. The number of hydrogen-bond acceptors (Lipinski definition) is 3. The van der Waals surface area contributed by atoms with Crippen LogP contribution in [0.4, 0.5) is 13.2 Å². The van der Waals surface area contributed by atoms with Crippen LogP contribution < -0.4 is 10.1 Å². The van der Waals surface area contributed by atoms with Crippen molar-refractivity contribution < 1.29 is 22.6 Å². The van der Waals surface area contributed by atoms with E-state index in [1.807, 2.05) is 13.0 Å². The third-order valence-corrected chi connectivity index (χ3v) is 3.14. The van der Waals surface area contributed by atoms with E-state index in [4.69, 9.17) is 16.3 Å². The molecule has 0 heterocycles. The van der Waals surface area contributed by atoms with Crippen LogP contribution in [0, 0.1) is 0 Å². The van der Waals surface area contributed by atoms with Crippen LogP contribution in [0.1, 0.15) is 24.9 Å². The van der Waals surface area contributed by atoms with Gasteiger partial charge in [0.1, 0.15) is 12.4 Å². The molecule has 1 unspecified atom stereocenters. The van der Waals surface area contributed by atoms with Gasteiger partial charge in [-0.2, -0.15) is 13.2 Å². The summed E-state index contributed by atoms with van der Waals surface area (Å²) in [5.41, 5.74) is 0.887. The lowest BCUT2D eigenvalue weighted by atomic mass is 10.0. The van der Waals surface area contributed by atoms with Crippen LogP contribution in [0.5, 0.6) is 5.75 Å². The third-order valence-electron chi connectivity index (χ3n) is 2.85. The van der Waals surface area contributed by atoms with Crippen LogP contribution in [0.25, 0.3) is 0 Å². The Morgan fingerprint density at radius 1 is 1.33 bits per heavy atom. The first kappa shape index (κ1) is 18.1. The predicted octanol–water partition coefficient (Wildman–Crippen LogP) is 3.97. The first-order valence-electron chi connectivity index (χ1n) is 6.58. The van der Waals surface area contributed by atoms with Crippen molar-refractivity contribution in [3.8, 4) is 5.75 Å². The number of ether oxygens (including phenoxy) is 2. The van der Waals surface area contributed by atoms with Gasteiger partial charge < -0.3 is 14.8 Å². The summed E-state index contributed by atoms with van der Waals surface area (Å²) in [6.07, 6.45) is -3.87. The van der Waals surface area contributed by atoms with Gasteiger partial charge in [-0.3, -0.25) is 0 Å². The molecule has 120 valence electrons. The van der Waals surface area contributed by atoms with E-state index in [0.29, 0.717) is 23.7 Å². The number of hydrogen-bond donors (Lipinski definition) is 1. The maximum Gasteiger partial charge on any atom is 0.411 e. The van der Waals surface area contributed by atoms with Crippen LogP contribution >= 0.6 is 11.6 Å². The maximum absolute atomic E-state index is 12.0. The Kier molecular flexibility index (Phi) is 7.28. The van der Waals surface area contributed by atoms with Gasteiger partial charge in [0.2, 0.25) is 0 Å². The summed E-state index contributed by atoms with van der Waals surface area (Å²) in [6, 6.07) is 5.20. The average molecular weight is 326 g/mol. The van der Waals surface area contributed by atoms with E-state index < -0.39 is 12.8 Å². The molecule has 0 saturated heterocycles. The number of benzene rings is 1. The molecule has 1 rings (SSSR count). The lowest BCUT2D eigenvalue weighted by Gasteiger charge is -2.19. The Morgan fingerprint density at radius 2 is 2.05 bits per heavy atom. The topological polar surface area (TPSA) is 30.5 Å². The van der Waals surface area contributed by atoms with E-state index in [2.05, 4.69) is 10.1 Å². The molecule has 0 fully saturated rings. The molecule has 0 bridgehead atoms. The van der Waals surface area contributed by atoms with Crippen molar-refractivity contribution in [2.24, 2.45) is 0 Å². The fourth-order valence-corrected chi connectivity index (χ4v) is 2.19. The van der Waals surface area contributed by atoms with Crippen molar-refractivity contribution >= 4 is 11.6 Å². The standard InChI is InChI=1S/C14H19ClF3NO2/c1-3-19-12(6-7-21-9-14(16,17)18)10-4-5-13(20-2)11(15)8-10/h4-5,8,12,19H,3,6-7,9H2,1-2H3. The molecule has 7 heteroatoms. The lowest BCUT2D eigenvalue weighted by molar-refractivity contribution is -0.174. The van der Waals surface area contributed by atoms with Gasteiger partial charge >= 0.3 is 6.18 Å². The highest BCUT2D eigenvalue weighted by atomic mass is 35.5. The van der Waals surface area contributed by atoms with Gasteiger partial charge in [-0.25, -0.2) is 0 Å². The van der Waals surface area contributed by atoms with Crippen LogP contribution in [0.2, 0.25) is 5.02 Å². The van der Waals surface area contributed by atoms with E-state index in [1.165, 1.54) is 7.11 Å². The van der Waals surface area contributed by atoms with Gasteiger partial charge in [-0.05, 0) is 30.7 Å². The van der Waals surface area contributed by atoms with Crippen molar-refractivity contribution in [2.75, 3.05) is 26.9 Å². The summed E-state index contributed by atoms with van der Waals surface area (Å²) in [5, 5.41) is 3.67. The normalized spacial score (nSPS) is 13.2. The summed E-state index contributed by atoms with van der Waals surface area (Å²) in [5.74, 6) is 0.559. The second kappa shape index (κ2) is 8.46. The zero-order valence-corrected chi connectivity index (χ0v) is 12.7. The minimum absolute atomic E-state index is 0.0147. The molecule has 0 aliphatic carbocycles. The van der Waals surface area contributed by atoms with Crippen molar-refractivity contribution in [2.45, 2.75) is 25.6 Å². The molecule has 1 aromatic rings. The third kappa shape index (κ3) is 6.54. The van der Waals surface area contributed by atoms with Gasteiger partial charge in [0, 0.05) is 12.6 Å². The summed E-state index contributed by atoms with van der Waals surface area (Å²) in [6.45, 7) is 1.40. The molecule has 21 heavy (non-hydrogen) atoms. The first-order chi connectivity index (χ1) is 9.87. The van der Waals surface area contributed by atoms with Gasteiger partial charge in [0.15, 0.2) is 0 Å². The largest absolute Gasteiger partial charge is 0.495 e. The number of alkyl halides is 3. The van der Waals surface area contributed by atoms with Crippen LogP contribution in [0.15, 0.2) is 18.2 Å². The smallest absolute Gasteiger partial charge is 0.411 e. The Bertz CT molecular complexity index is 441. The summed E-state index contributed by atoms with van der Waals surface area (Å²) >= 11 is 6.06. The van der Waals surface area contributed by atoms with Gasteiger partial charge in [-0.1, -0.05) is 24.6 Å². The van der Waals surface area contributed by atoms with E-state index in [0.717, 1.165) is 5.56 Å². The number of rotatable bonds is 8. The highest BCUT2D eigenvalue weighted by Gasteiger charge is 2.27. The summed E-state index contributed by atoms with van der Waals surface area (Å²) in [7, 11) is 1.52. The molecule has 1 N–H and O–H groups in total. The SMILES string of the molecule is CCNC(CCOCC(F)(F)F)c1ccc(OC)c(Cl)c1. The quantitative estimate of drug-likeness (QED) is 0.734. The van der Waals surface area contributed by atoms with E-state index in [-0.39, 0.29) is 12.6 Å². The molecule has 0 amide bonds. The van der Waals surface area contributed by atoms with Crippen LogP contribution in [-0.2, 0) is 4.74 Å². The Balaban J connectivity index is 2.62. The molecule has 0 aliphatic heterocycles. The van der Waals surface area contributed by atoms with Gasteiger partial charge in [0.25, 0.3) is 0 Å². The Labute approximate surface area is 127 Å². The van der Waals surface area contributed by atoms with E-state index in [1.54, 1.807) is 12.1 Å². The van der Waals surface area contributed by atoms with E-state index >= 15 is 0 Å². The van der Waals surface area contributed by atoms with Crippen molar-refractivity contribution in [3.63, 3.8) is 0 Å². The zero-order chi connectivity index (χ0) is 15.9. The van der Waals surface area contributed by atoms with Crippen molar-refractivity contribution in [1.29, 1.82) is 0 Å². The van der Waals surface area contributed by atoms with Crippen molar-refractivity contribution in [3.05, 3.63) is 28.8 Å². The average Bonchev–Trinajstić information content (AvgIpc) is 2.41. The Hall–Kier alpha value is -0.980. The van der Waals surface area contributed by atoms with Crippen LogP contribution in [-0.4, -0.2) is 33.0 Å². The highest BCUT2D eigenvalue weighted by Crippen LogP contribution is 2.28. The summed E-state index contributed by atoms with van der Waals surface area (Å²) < 4.78 is 45.8. The minimum Gasteiger partial charge on any atom is -0.495 e. The predicted molar refractivity (Wildman–Crippen MR) is 75.9 cm³/mol. The second-order valence-corrected chi connectivity index (χ2v) is 4.87. The van der Waals surface area contributed by atoms with E-state index in [9.17, 15) is 13.2 Å². The highest BCUT2D eigenvalue weighted by molar-refractivity contribution is 6.32. The maximum atomic E-state index is 12.0. The fraction of sp³-hybridized carbons (Fsp3) is 0.571. The molecule has 0 saturated carbocycles. The molecule has 1 aromatic carbocycles. The molecule has 3 nitrogen and oxygen atoms in total. The van der Waals surface area contributed by atoms with Crippen LogP contribution in [0.3, 0.4) is 0 Å². The fourth-order valence-electron chi connectivity index (χ4n) is 1.92. The molecule has 0 aliphatic rings. The zero-order valence-electron chi connectivity index (χ0n) is 12.0. The summed E-state index contributed by atoms with van der Waals surface area (Å²) in [4.78, 5) is 0. The van der Waals surface area contributed by atoms with Gasteiger partial charge in [0.05, 0.1) is 12.1 Å². The Morgan fingerprint density at radius 3 is 2.57 bits per heavy atom. The monoisotopic (exact) mass is 325 g/mol. The molecule has 0 radical (unpaired) electrons. The number of methoxy groups -OCH3 is 1. The minimum atomic E-state index is -4.29. The number of nitrogens with one attached hydrogen (secondary N) is 1. The number of halogens is 4. The molecule has 0 spiro atoms. The molecular weight excluding hydrogens is 307 g/mol. The molecular formula is C14H19ClF3NO2. The second-order valence-electron chi connectivity index (χ2n) is 4.46. The van der Waals surface area contributed by atoms with Crippen molar-refractivity contribution in [1.82, 2.24) is 5.32 Å².